The van der Waals surface area contributed by atoms with Crippen molar-refractivity contribution in [2.24, 2.45) is 5.73 Å². The van der Waals surface area contributed by atoms with E-state index >= 15 is 0 Å². The Labute approximate surface area is 169 Å². The van der Waals surface area contributed by atoms with E-state index < -0.39 is 0 Å². The number of fused-ring (bicyclic) bond motifs is 3. The van der Waals surface area contributed by atoms with Crippen molar-refractivity contribution in [3.05, 3.63) is 64.1 Å². The van der Waals surface area contributed by atoms with Gasteiger partial charge in [0.05, 0.1) is 16.2 Å². The molecule has 138 valence electrons. The summed E-state index contributed by atoms with van der Waals surface area (Å²) in [6.45, 7) is 0.448. The number of anilines is 2. The van der Waals surface area contributed by atoms with E-state index in [1.54, 1.807) is 17.7 Å². The minimum Gasteiger partial charge on any atom is -0.338 e. The van der Waals surface area contributed by atoms with Crippen LogP contribution in [0.1, 0.15) is 5.56 Å². The van der Waals surface area contributed by atoms with Crippen molar-refractivity contribution in [1.29, 1.82) is 0 Å². The maximum Gasteiger partial charge on any atom is 0.163 e. The zero-order chi connectivity index (χ0) is 19.1. The molecule has 3 aromatic heterocycles. The molecule has 28 heavy (non-hydrogen) atoms. The molecule has 5 aromatic rings. The third-order valence-corrected chi connectivity index (χ3v) is 5.72. The zero-order valence-corrected chi connectivity index (χ0v) is 16.2. The summed E-state index contributed by atoms with van der Waals surface area (Å²) in [5.74, 6) is 1.43. The van der Waals surface area contributed by atoms with E-state index in [-0.39, 0.29) is 0 Å². The Balaban J connectivity index is 1.72. The largest absolute Gasteiger partial charge is 0.338 e. The van der Waals surface area contributed by atoms with Crippen LogP contribution in [0.3, 0.4) is 0 Å². The molecule has 0 spiro atoms. The molecule has 4 N–H and O–H groups in total. The average molecular weight is 407 g/mol. The quantitative estimate of drug-likeness (QED) is 0.386. The van der Waals surface area contributed by atoms with Gasteiger partial charge in [-0.3, -0.25) is 0 Å². The van der Waals surface area contributed by atoms with Crippen molar-refractivity contribution in [2.75, 3.05) is 5.32 Å². The van der Waals surface area contributed by atoms with Gasteiger partial charge in [0.2, 0.25) is 0 Å². The molecule has 2 aromatic carbocycles. The Morgan fingerprint density at radius 3 is 2.79 bits per heavy atom. The van der Waals surface area contributed by atoms with Gasteiger partial charge in [0.15, 0.2) is 5.82 Å². The molecule has 0 radical (unpaired) electrons. The van der Waals surface area contributed by atoms with E-state index in [9.17, 15) is 0 Å². The Hall–Kier alpha value is -3.00. The van der Waals surface area contributed by atoms with E-state index in [4.69, 9.17) is 22.3 Å². The topological polar surface area (TPSA) is 92.5 Å². The fourth-order valence-corrected chi connectivity index (χ4v) is 4.36. The Morgan fingerprint density at radius 2 is 2.00 bits per heavy atom. The molecule has 0 aliphatic heterocycles. The first kappa shape index (κ1) is 17.1. The third kappa shape index (κ3) is 2.80. The molecule has 0 fully saturated rings. The first-order valence-corrected chi connectivity index (χ1v) is 9.97. The Kier molecular flexibility index (Phi) is 4.20. The number of aromatic nitrogens is 4. The molecule has 8 heteroatoms. The van der Waals surface area contributed by atoms with Gasteiger partial charge in [0.25, 0.3) is 0 Å². The summed E-state index contributed by atoms with van der Waals surface area (Å²) in [6.07, 6.45) is 1.56. The summed E-state index contributed by atoms with van der Waals surface area (Å²) in [5, 5.41) is 19.5. The zero-order valence-electron chi connectivity index (χ0n) is 14.6. The number of thiophene rings is 1. The van der Waals surface area contributed by atoms with E-state index in [2.05, 4.69) is 37.3 Å². The predicted octanol–water partition coefficient (Wildman–Crippen LogP) is 5.09. The number of nitrogens with one attached hydrogen (secondary N) is 2. The molecular weight excluding hydrogens is 392 g/mol. The number of aromatic amines is 1. The molecule has 0 aliphatic rings. The molecule has 0 saturated heterocycles. The highest BCUT2D eigenvalue weighted by Crippen LogP contribution is 2.37. The molecule has 5 rings (SSSR count). The normalized spacial score (nSPS) is 11.4. The minimum absolute atomic E-state index is 0.448. The second-order valence-electron chi connectivity index (χ2n) is 6.34. The van der Waals surface area contributed by atoms with Crippen LogP contribution in [-0.4, -0.2) is 20.2 Å². The van der Waals surface area contributed by atoms with Gasteiger partial charge in [-0.2, -0.15) is 11.3 Å². The van der Waals surface area contributed by atoms with Crippen LogP contribution in [0, 0.1) is 0 Å². The van der Waals surface area contributed by atoms with Crippen molar-refractivity contribution in [1.82, 2.24) is 20.2 Å². The van der Waals surface area contributed by atoms with E-state index in [1.165, 1.54) is 0 Å². The van der Waals surface area contributed by atoms with Crippen molar-refractivity contribution >= 4 is 56.1 Å². The lowest BCUT2D eigenvalue weighted by Gasteiger charge is -2.13. The van der Waals surface area contributed by atoms with Gasteiger partial charge >= 0.3 is 0 Å². The van der Waals surface area contributed by atoms with Crippen LogP contribution >= 0.6 is 22.9 Å². The van der Waals surface area contributed by atoms with Crippen LogP contribution in [0.4, 0.5) is 11.5 Å². The number of rotatable bonds is 4. The van der Waals surface area contributed by atoms with Gasteiger partial charge in [-0.05, 0) is 29.1 Å². The molecule has 0 bridgehead atoms. The van der Waals surface area contributed by atoms with Gasteiger partial charge in [-0.1, -0.05) is 29.8 Å². The first-order valence-electron chi connectivity index (χ1n) is 8.65. The van der Waals surface area contributed by atoms with Crippen LogP contribution < -0.4 is 11.1 Å². The first-order chi connectivity index (χ1) is 13.7. The van der Waals surface area contributed by atoms with Crippen molar-refractivity contribution in [2.45, 2.75) is 6.54 Å². The van der Waals surface area contributed by atoms with Gasteiger partial charge in [0, 0.05) is 33.6 Å². The van der Waals surface area contributed by atoms with Crippen LogP contribution in [-0.2, 0) is 6.54 Å². The monoisotopic (exact) mass is 406 g/mol. The van der Waals surface area contributed by atoms with Crippen LogP contribution in [0.25, 0.3) is 33.1 Å². The molecule has 0 aliphatic carbocycles. The van der Waals surface area contributed by atoms with Crippen molar-refractivity contribution in [3.63, 3.8) is 0 Å². The Bertz CT molecular complexity index is 1300. The van der Waals surface area contributed by atoms with E-state index in [1.807, 2.05) is 30.3 Å². The summed E-state index contributed by atoms with van der Waals surface area (Å²) in [5.41, 5.74) is 9.22. The summed E-state index contributed by atoms with van der Waals surface area (Å²) >= 11 is 8.09. The molecule has 0 saturated carbocycles. The van der Waals surface area contributed by atoms with Gasteiger partial charge < -0.3 is 16.0 Å². The molecular formula is C20H15ClN6S. The highest BCUT2D eigenvalue weighted by Gasteiger charge is 2.15. The average Bonchev–Trinajstić information content (AvgIpc) is 3.41. The number of halogens is 1. The number of hydrogen-bond donors (Lipinski definition) is 3. The van der Waals surface area contributed by atoms with E-state index in [0.29, 0.717) is 17.4 Å². The second-order valence-corrected chi connectivity index (χ2v) is 7.49. The molecule has 3 heterocycles. The number of nitrogens with two attached hydrogens (primary N) is 1. The smallest absolute Gasteiger partial charge is 0.163 e. The number of pyridine rings is 1. The molecule has 0 amide bonds. The van der Waals surface area contributed by atoms with Crippen LogP contribution in [0.5, 0.6) is 0 Å². The fraction of sp³-hybridized carbons (Fsp3) is 0.0500. The molecule has 6 nitrogen and oxygen atoms in total. The Morgan fingerprint density at radius 1 is 1.11 bits per heavy atom. The predicted molar refractivity (Wildman–Crippen MR) is 115 cm³/mol. The summed E-state index contributed by atoms with van der Waals surface area (Å²) in [6, 6.07) is 11.8. The second kappa shape index (κ2) is 6.87. The molecule has 0 unspecified atom stereocenters. The number of hydrogen-bond acceptors (Lipinski definition) is 6. The fourth-order valence-electron chi connectivity index (χ4n) is 3.28. The van der Waals surface area contributed by atoms with Gasteiger partial charge in [-0.15, -0.1) is 10.2 Å². The highest BCUT2D eigenvalue weighted by atomic mass is 35.5. The van der Waals surface area contributed by atoms with Gasteiger partial charge in [-0.25, -0.2) is 4.98 Å². The number of nitrogens with zero attached hydrogens (tertiary/aromatic N) is 3. The third-order valence-electron chi connectivity index (χ3n) is 4.66. The summed E-state index contributed by atoms with van der Waals surface area (Å²) < 4.78 is 0. The summed E-state index contributed by atoms with van der Waals surface area (Å²) in [4.78, 5) is 8.00. The van der Waals surface area contributed by atoms with E-state index in [0.717, 1.165) is 44.3 Å². The van der Waals surface area contributed by atoms with Crippen molar-refractivity contribution < 1.29 is 0 Å². The molecule has 0 atom stereocenters. The lowest BCUT2D eigenvalue weighted by atomic mass is 10.1. The maximum atomic E-state index is 6.45. The number of benzene rings is 2. The highest BCUT2D eigenvalue weighted by molar-refractivity contribution is 7.09. The SMILES string of the molecule is NCc1ccc(Nc2nc3c(-c4nnc[nH]4)cccc3c3cscc23)c(Cl)c1. The van der Waals surface area contributed by atoms with Crippen LogP contribution in [0.15, 0.2) is 53.5 Å². The maximum absolute atomic E-state index is 6.45. The standard InChI is InChI=1S/C20H15ClN6S/c21-16-6-11(7-22)4-5-17(16)25-20-15-9-28-8-14(15)12-2-1-3-13(18(12)26-20)19-23-10-24-27-19/h1-6,8-10H,7,22H2,(H,25,26)(H,23,24,27). The number of para-hydroxylation sites is 1. The lowest BCUT2D eigenvalue weighted by Crippen LogP contribution is -1.99. The number of H-pyrrole nitrogens is 1. The van der Waals surface area contributed by atoms with Crippen LogP contribution in [0.2, 0.25) is 5.02 Å². The van der Waals surface area contributed by atoms with Gasteiger partial charge in [0.1, 0.15) is 12.1 Å². The lowest BCUT2D eigenvalue weighted by molar-refractivity contribution is 1.07. The van der Waals surface area contributed by atoms with Crippen molar-refractivity contribution in [3.8, 4) is 11.4 Å². The summed E-state index contributed by atoms with van der Waals surface area (Å²) in [7, 11) is 0. The minimum atomic E-state index is 0.448.